The van der Waals surface area contributed by atoms with Crippen molar-refractivity contribution in [2.24, 2.45) is 4.99 Å². The second kappa shape index (κ2) is 7.32. The number of nitrogens with zero attached hydrogens (tertiary/aromatic N) is 3. The van der Waals surface area contributed by atoms with Crippen LogP contribution < -0.4 is 11.2 Å². The van der Waals surface area contributed by atoms with E-state index in [1.165, 1.54) is 23.2 Å². The molecule has 0 fully saturated rings. The largest absolute Gasteiger partial charge is 0.507 e. The van der Waals surface area contributed by atoms with Gasteiger partial charge >= 0.3 is 5.63 Å². The van der Waals surface area contributed by atoms with Gasteiger partial charge in [-0.15, -0.1) is 0 Å². The monoisotopic (exact) mass is 355 g/mol. The van der Waals surface area contributed by atoms with Crippen molar-refractivity contribution in [1.29, 1.82) is 0 Å². The second-order valence-electron chi connectivity index (χ2n) is 5.64. The minimum absolute atomic E-state index is 0.0561. The molecule has 3 aromatic rings. The van der Waals surface area contributed by atoms with Crippen molar-refractivity contribution in [3.05, 3.63) is 62.7 Å². The summed E-state index contributed by atoms with van der Waals surface area (Å²) in [4.78, 5) is 32.7. The van der Waals surface area contributed by atoms with Crippen LogP contribution >= 0.6 is 0 Å². The Morgan fingerprint density at radius 3 is 2.88 bits per heavy atom. The summed E-state index contributed by atoms with van der Waals surface area (Å²) in [6.45, 7) is 2.35. The van der Waals surface area contributed by atoms with Gasteiger partial charge in [0.15, 0.2) is 0 Å². The zero-order valence-corrected chi connectivity index (χ0v) is 14.3. The fourth-order valence-electron chi connectivity index (χ4n) is 2.44. The van der Waals surface area contributed by atoms with E-state index in [0.29, 0.717) is 35.5 Å². The van der Waals surface area contributed by atoms with Crippen LogP contribution in [0, 0.1) is 6.92 Å². The molecule has 3 rings (SSSR count). The molecule has 0 spiro atoms. The Balaban J connectivity index is 2.00. The van der Waals surface area contributed by atoms with E-state index in [9.17, 15) is 14.7 Å². The summed E-state index contributed by atoms with van der Waals surface area (Å²) in [5.41, 5.74) is 0.0393. The average molecular weight is 355 g/mol. The molecule has 0 bridgehead atoms. The molecule has 0 aliphatic carbocycles. The molecule has 0 saturated carbocycles. The lowest BCUT2D eigenvalue weighted by molar-refractivity contribution is 0.186. The first-order chi connectivity index (χ1) is 12.5. The van der Waals surface area contributed by atoms with Crippen LogP contribution in [0.5, 0.6) is 5.75 Å². The van der Waals surface area contributed by atoms with Crippen molar-refractivity contribution in [2.75, 3.05) is 13.7 Å². The summed E-state index contributed by atoms with van der Waals surface area (Å²) in [5, 5.41) is 10.3. The van der Waals surface area contributed by atoms with Gasteiger partial charge in [0.1, 0.15) is 17.1 Å². The number of aromatic nitrogens is 2. The summed E-state index contributed by atoms with van der Waals surface area (Å²) in [7, 11) is 1.56. The summed E-state index contributed by atoms with van der Waals surface area (Å²) in [6.07, 6.45) is 2.68. The molecule has 0 saturated heterocycles. The van der Waals surface area contributed by atoms with Gasteiger partial charge in [-0.1, -0.05) is 0 Å². The zero-order valence-electron chi connectivity index (χ0n) is 14.3. The Morgan fingerprint density at radius 2 is 2.15 bits per heavy atom. The molecule has 0 unspecified atom stereocenters. The Morgan fingerprint density at radius 1 is 1.35 bits per heavy atom. The molecular formula is C18H17N3O5. The van der Waals surface area contributed by atoms with Crippen LogP contribution in [0.25, 0.3) is 10.9 Å². The van der Waals surface area contributed by atoms with Gasteiger partial charge < -0.3 is 14.3 Å². The SMILES string of the molecule is COCCn1cnc2ccc(N=Cc3c(O)cc(C)oc3=O)cc2c1=O. The Labute approximate surface area is 148 Å². The Hall–Kier alpha value is -3.26. The fraction of sp³-hybridized carbons (Fsp3) is 0.222. The highest BCUT2D eigenvalue weighted by Crippen LogP contribution is 2.18. The lowest BCUT2D eigenvalue weighted by Gasteiger charge is -2.06. The Bertz CT molecular complexity index is 1100. The lowest BCUT2D eigenvalue weighted by atomic mass is 10.2. The topological polar surface area (TPSA) is 107 Å². The van der Waals surface area contributed by atoms with E-state index >= 15 is 0 Å². The van der Waals surface area contributed by atoms with Crippen LogP contribution in [0.2, 0.25) is 0 Å². The molecule has 2 heterocycles. The number of fused-ring (bicyclic) bond motifs is 1. The molecule has 26 heavy (non-hydrogen) atoms. The van der Waals surface area contributed by atoms with E-state index < -0.39 is 5.63 Å². The van der Waals surface area contributed by atoms with Gasteiger partial charge in [-0.3, -0.25) is 14.4 Å². The first-order valence-electron chi connectivity index (χ1n) is 7.85. The number of aliphatic imine (C=N–C) groups is 1. The number of hydrogen-bond donors (Lipinski definition) is 1. The number of rotatable bonds is 5. The van der Waals surface area contributed by atoms with Gasteiger partial charge in [0.2, 0.25) is 0 Å². The quantitative estimate of drug-likeness (QED) is 0.699. The molecule has 0 amide bonds. The van der Waals surface area contributed by atoms with Crippen molar-refractivity contribution < 1.29 is 14.3 Å². The highest BCUT2D eigenvalue weighted by atomic mass is 16.5. The molecule has 2 aromatic heterocycles. The van der Waals surface area contributed by atoms with E-state index in [1.54, 1.807) is 32.2 Å². The minimum Gasteiger partial charge on any atom is -0.507 e. The van der Waals surface area contributed by atoms with Gasteiger partial charge in [0.05, 0.1) is 36.1 Å². The number of hydrogen-bond acceptors (Lipinski definition) is 7. The number of ether oxygens (including phenoxy) is 1. The Kier molecular flexibility index (Phi) is 4.94. The van der Waals surface area contributed by atoms with Gasteiger partial charge in [-0.25, -0.2) is 9.78 Å². The molecule has 1 N–H and O–H groups in total. The van der Waals surface area contributed by atoms with Crippen LogP contribution in [-0.4, -0.2) is 34.6 Å². The van der Waals surface area contributed by atoms with E-state index in [1.807, 2.05) is 0 Å². The van der Waals surface area contributed by atoms with Crippen LogP contribution in [0.1, 0.15) is 11.3 Å². The van der Waals surface area contributed by atoms with E-state index in [4.69, 9.17) is 9.15 Å². The standard InChI is InChI=1S/C18H17N3O5/c1-11-7-16(22)14(18(24)26-11)9-19-12-3-4-15-13(8-12)17(23)21(10-20-15)5-6-25-2/h3-4,7-10,22H,5-6H2,1-2H3. The molecule has 134 valence electrons. The third kappa shape index (κ3) is 3.55. The zero-order chi connectivity index (χ0) is 18.7. The maximum absolute atomic E-state index is 12.5. The predicted octanol–water partition coefficient (Wildman–Crippen LogP) is 1.76. The normalized spacial score (nSPS) is 11.5. The smallest absolute Gasteiger partial charge is 0.348 e. The summed E-state index contributed by atoms with van der Waals surface area (Å²) in [6, 6.07) is 6.25. The van der Waals surface area contributed by atoms with Crippen molar-refractivity contribution in [3.63, 3.8) is 0 Å². The summed E-state index contributed by atoms with van der Waals surface area (Å²) in [5.74, 6) is 0.0879. The third-order valence-electron chi connectivity index (χ3n) is 3.78. The van der Waals surface area contributed by atoms with Gasteiger partial charge in [0.25, 0.3) is 5.56 Å². The van der Waals surface area contributed by atoms with E-state index in [-0.39, 0.29) is 16.9 Å². The van der Waals surface area contributed by atoms with Crippen molar-refractivity contribution in [3.8, 4) is 5.75 Å². The molecule has 1 aromatic carbocycles. The molecular weight excluding hydrogens is 338 g/mol. The summed E-state index contributed by atoms with van der Waals surface area (Å²) >= 11 is 0. The number of aryl methyl sites for hydroxylation is 1. The predicted molar refractivity (Wildman–Crippen MR) is 96.5 cm³/mol. The minimum atomic E-state index is -0.685. The number of methoxy groups -OCH3 is 1. The molecule has 0 atom stereocenters. The first kappa shape index (κ1) is 17.6. The summed E-state index contributed by atoms with van der Waals surface area (Å²) < 4.78 is 11.4. The molecule has 8 heteroatoms. The highest BCUT2D eigenvalue weighted by molar-refractivity contribution is 5.86. The van der Waals surface area contributed by atoms with Gasteiger partial charge in [0, 0.05) is 19.4 Å². The van der Waals surface area contributed by atoms with Crippen LogP contribution in [-0.2, 0) is 11.3 Å². The lowest BCUT2D eigenvalue weighted by Crippen LogP contribution is -2.22. The first-order valence-corrected chi connectivity index (χ1v) is 7.85. The third-order valence-corrected chi connectivity index (χ3v) is 3.78. The number of benzene rings is 1. The fourth-order valence-corrected chi connectivity index (χ4v) is 2.44. The van der Waals surface area contributed by atoms with E-state index in [0.717, 1.165) is 0 Å². The average Bonchev–Trinajstić information content (AvgIpc) is 2.60. The van der Waals surface area contributed by atoms with Crippen LogP contribution in [0.4, 0.5) is 5.69 Å². The van der Waals surface area contributed by atoms with Crippen LogP contribution in [0.3, 0.4) is 0 Å². The van der Waals surface area contributed by atoms with Gasteiger partial charge in [-0.05, 0) is 25.1 Å². The van der Waals surface area contributed by atoms with E-state index in [2.05, 4.69) is 9.98 Å². The maximum atomic E-state index is 12.5. The van der Waals surface area contributed by atoms with Crippen molar-refractivity contribution in [2.45, 2.75) is 13.5 Å². The molecule has 0 aliphatic heterocycles. The highest BCUT2D eigenvalue weighted by Gasteiger charge is 2.08. The molecule has 0 aliphatic rings. The van der Waals surface area contributed by atoms with Crippen molar-refractivity contribution in [1.82, 2.24) is 9.55 Å². The van der Waals surface area contributed by atoms with Gasteiger partial charge in [-0.2, -0.15) is 0 Å². The molecule has 0 radical (unpaired) electrons. The second-order valence-corrected chi connectivity index (χ2v) is 5.64. The van der Waals surface area contributed by atoms with Crippen molar-refractivity contribution >= 4 is 22.8 Å². The number of aromatic hydroxyl groups is 1. The molecule has 8 nitrogen and oxygen atoms in total. The van der Waals surface area contributed by atoms with Crippen LogP contribution in [0.15, 0.2) is 49.6 Å². The maximum Gasteiger partial charge on any atom is 0.348 e.